The topological polar surface area (TPSA) is 87.1 Å². The van der Waals surface area contributed by atoms with E-state index >= 15 is 0 Å². The molecule has 21 heavy (non-hydrogen) atoms. The van der Waals surface area contributed by atoms with Gasteiger partial charge in [-0.15, -0.1) is 11.3 Å². The summed E-state index contributed by atoms with van der Waals surface area (Å²) in [4.78, 5) is 17.2. The molecule has 2 aromatic rings. The fraction of sp³-hybridized carbons (Fsp3) is 0.462. The molecular weight excluding hydrogens is 308 g/mol. The van der Waals surface area contributed by atoms with Crippen LogP contribution in [0.3, 0.4) is 0 Å². The summed E-state index contributed by atoms with van der Waals surface area (Å²) in [6.07, 6.45) is 2.89. The van der Waals surface area contributed by atoms with E-state index in [1.54, 1.807) is 11.3 Å². The van der Waals surface area contributed by atoms with E-state index in [1.807, 2.05) is 17.5 Å². The van der Waals surface area contributed by atoms with Crippen molar-refractivity contribution in [3.05, 3.63) is 17.5 Å². The molecule has 0 bridgehead atoms. The molecule has 8 heteroatoms. The van der Waals surface area contributed by atoms with E-state index in [-0.39, 0.29) is 18.2 Å². The van der Waals surface area contributed by atoms with Crippen LogP contribution in [0.2, 0.25) is 0 Å². The maximum absolute atomic E-state index is 11.9. The molecule has 0 unspecified atom stereocenters. The Morgan fingerprint density at radius 3 is 2.86 bits per heavy atom. The lowest BCUT2D eigenvalue weighted by molar-refractivity contribution is 0.118. The molecule has 1 aliphatic carbocycles. The molecule has 2 heterocycles. The van der Waals surface area contributed by atoms with Crippen LogP contribution in [0.15, 0.2) is 17.5 Å². The first-order valence-electron chi connectivity index (χ1n) is 6.84. The van der Waals surface area contributed by atoms with Crippen LogP contribution >= 0.6 is 22.9 Å². The molecular formula is C13H16N4O2S2. The van der Waals surface area contributed by atoms with Crippen molar-refractivity contribution in [2.75, 3.05) is 5.32 Å². The van der Waals surface area contributed by atoms with Crippen LogP contribution < -0.4 is 10.6 Å². The summed E-state index contributed by atoms with van der Waals surface area (Å²) in [5.41, 5.74) is 0. The molecule has 0 aliphatic heterocycles. The molecule has 1 saturated carbocycles. The van der Waals surface area contributed by atoms with Gasteiger partial charge in [0.2, 0.25) is 5.13 Å². The van der Waals surface area contributed by atoms with Gasteiger partial charge in [-0.1, -0.05) is 6.07 Å². The summed E-state index contributed by atoms with van der Waals surface area (Å²) in [6, 6.07) is 3.76. The lowest BCUT2D eigenvalue weighted by Gasteiger charge is -2.25. The summed E-state index contributed by atoms with van der Waals surface area (Å²) >= 11 is 2.74. The first kappa shape index (κ1) is 14.4. The maximum Gasteiger partial charge on any atom is 0.321 e. The molecule has 0 radical (unpaired) electrons. The minimum atomic E-state index is -0.259. The van der Waals surface area contributed by atoms with Crippen LogP contribution in [0, 0.1) is 0 Å². The number of carbonyl (C=O) groups is 1. The molecule has 0 spiro atoms. The zero-order chi connectivity index (χ0) is 14.7. The fourth-order valence-corrected chi connectivity index (χ4v) is 3.61. The van der Waals surface area contributed by atoms with Crippen molar-refractivity contribution in [3.63, 3.8) is 0 Å². The Hall–Kier alpha value is -1.51. The Bertz CT molecular complexity index is 591. The number of urea groups is 1. The van der Waals surface area contributed by atoms with Crippen LogP contribution in [0.4, 0.5) is 9.93 Å². The molecule has 0 atom stereocenters. The summed E-state index contributed by atoms with van der Waals surface area (Å²) in [5, 5.41) is 17.5. The second-order valence-electron chi connectivity index (χ2n) is 5.00. The predicted molar refractivity (Wildman–Crippen MR) is 83.6 cm³/mol. The number of hydrogen-bond donors (Lipinski definition) is 3. The van der Waals surface area contributed by atoms with Gasteiger partial charge in [-0.2, -0.15) is 9.36 Å². The molecule has 6 nitrogen and oxygen atoms in total. The van der Waals surface area contributed by atoms with Crippen molar-refractivity contribution in [3.8, 4) is 10.7 Å². The van der Waals surface area contributed by atoms with Gasteiger partial charge in [0, 0.05) is 17.6 Å². The van der Waals surface area contributed by atoms with E-state index in [4.69, 9.17) is 0 Å². The highest BCUT2D eigenvalue weighted by molar-refractivity contribution is 7.14. The van der Waals surface area contributed by atoms with Gasteiger partial charge in [0.25, 0.3) is 0 Å². The van der Waals surface area contributed by atoms with Gasteiger partial charge < -0.3 is 10.4 Å². The normalized spacial score (nSPS) is 22.0. The van der Waals surface area contributed by atoms with Crippen LogP contribution in [0.5, 0.6) is 0 Å². The zero-order valence-corrected chi connectivity index (χ0v) is 12.9. The largest absolute Gasteiger partial charge is 0.393 e. The van der Waals surface area contributed by atoms with Crippen LogP contribution in [0.1, 0.15) is 25.7 Å². The molecule has 0 aromatic carbocycles. The SMILES string of the molecule is O=C(Nc1nc(-c2cccs2)ns1)NC1CCC(O)CC1. The van der Waals surface area contributed by atoms with Gasteiger partial charge in [0.1, 0.15) is 0 Å². The van der Waals surface area contributed by atoms with Crippen molar-refractivity contribution in [1.29, 1.82) is 0 Å². The quantitative estimate of drug-likeness (QED) is 0.810. The number of nitrogens with zero attached hydrogens (tertiary/aromatic N) is 2. The maximum atomic E-state index is 11.9. The molecule has 3 N–H and O–H groups in total. The van der Waals surface area contributed by atoms with Gasteiger partial charge in [0.15, 0.2) is 5.82 Å². The average molecular weight is 324 g/mol. The van der Waals surface area contributed by atoms with Crippen molar-refractivity contribution in [2.45, 2.75) is 37.8 Å². The molecule has 1 fully saturated rings. The lowest BCUT2D eigenvalue weighted by atomic mass is 9.93. The van der Waals surface area contributed by atoms with Gasteiger partial charge in [0.05, 0.1) is 11.0 Å². The smallest absolute Gasteiger partial charge is 0.321 e. The second-order valence-corrected chi connectivity index (χ2v) is 6.70. The Balaban J connectivity index is 1.53. The Labute approximate surface area is 130 Å². The van der Waals surface area contributed by atoms with Gasteiger partial charge in [-0.25, -0.2) is 4.79 Å². The minimum Gasteiger partial charge on any atom is -0.393 e. The summed E-state index contributed by atoms with van der Waals surface area (Å²) in [7, 11) is 0. The van der Waals surface area contributed by atoms with Crippen molar-refractivity contribution in [1.82, 2.24) is 14.7 Å². The number of aliphatic hydroxyl groups is 1. The van der Waals surface area contributed by atoms with Crippen LogP contribution in [0.25, 0.3) is 10.7 Å². The highest BCUT2D eigenvalue weighted by atomic mass is 32.1. The summed E-state index contributed by atoms with van der Waals surface area (Å²) < 4.78 is 4.23. The summed E-state index contributed by atoms with van der Waals surface area (Å²) in [6.45, 7) is 0. The van der Waals surface area contributed by atoms with E-state index in [9.17, 15) is 9.90 Å². The van der Waals surface area contributed by atoms with E-state index < -0.39 is 0 Å². The number of hydrogen-bond acceptors (Lipinski definition) is 6. The van der Waals surface area contributed by atoms with Crippen LogP contribution in [-0.4, -0.2) is 32.6 Å². The monoisotopic (exact) mass is 324 g/mol. The molecule has 0 saturated heterocycles. The molecule has 1 aliphatic rings. The van der Waals surface area contributed by atoms with E-state index in [0.29, 0.717) is 11.0 Å². The third-order valence-electron chi connectivity index (χ3n) is 3.42. The third-order valence-corrected chi connectivity index (χ3v) is 4.92. The number of aromatic nitrogens is 2. The van der Waals surface area contributed by atoms with E-state index in [0.717, 1.165) is 30.6 Å². The number of anilines is 1. The first-order chi connectivity index (χ1) is 10.2. The van der Waals surface area contributed by atoms with Crippen molar-refractivity contribution in [2.24, 2.45) is 0 Å². The number of rotatable bonds is 3. The molecule has 3 rings (SSSR count). The highest BCUT2D eigenvalue weighted by Crippen LogP contribution is 2.25. The van der Waals surface area contributed by atoms with E-state index in [1.165, 1.54) is 11.5 Å². The van der Waals surface area contributed by atoms with Gasteiger partial charge in [-0.05, 0) is 37.1 Å². The molecule has 2 amide bonds. The standard InChI is InChI=1S/C13H16N4O2S2/c18-9-5-3-8(4-6-9)14-12(19)16-13-15-11(17-21-13)10-2-1-7-20-10/h1-2,7-9,18H,3-6H2,(H2,14,15,16,17,19). The zero-order valence-electron chi connectivity index (χ0n) is 11.3. The second kappa shape index (κ2) is 6.50. The first-order valence-corrected chi connectivity index (χ1v) is 8.49. The van der Waals surface area contributed by atoms with E-state index in [2.05, 4.69) is 20.0 Å². The number of carbonyl (C=O) groups excluding carboxylic acids is 1. The Morgan fingerprint density at radius 2 is 2.14 bits per heavy atom. The lowest BCUT2D eigenvalue weighted by Crippen LogP contribution is -2.40. The Morgan fingerprint density at radius 1 is 1.33 bits per heavy atom. The predicted octanol–water partition coefficient (Wildman–Crippen LogP) is 2.69. The van der Waals surface area contributed by atoms with Crippen LogP contribution in [-0.2, 0) is 0 Å². The van der Waals surface area contributed by atoms with Crippen molar-refractivity contribution >= 4 is 34.0 Å². The molecule has 2 aromatic heterocycles. The Kier molecular flexibility index (Phi) is 4.47. The van der Waals surface area contributed by atoms with Crippen molar-refractivity contribution < 1.29 is 9.90 Å². The highest BCUT2D eigenvalue weighted by Gasteiger charge is 2.21. The average Bonchev–Trinajstić information content (AvgIpc) is 3.12. The molecule has 112 valence electrons. The number of nitrogens with one attached hydrogen (secondary N) is 2. The minimum absolute atomic E-state index is 0.123. The number of aliphatic hydroxyl groups excluding tert-OH is 1. The number of amides is 2. The van der Waals surface area contributed by atoms with Gasteiger partial charge in [-0.3, -0.25) is 5.32 Å². The van der Waals surface area contributed by atoms with Gasteiger partial charge >= 0.3 is 6.03 Å². The third kappa shape index (κ3) is 3.78. The number of thiophene rings is 1. The fourth-order valence-electron chi connectivity index (χ4n) is 2.32. The summed E-state index contributed by atoms with van der Waals surface area (Å²) in [5.74, 6) is 0.645.